The van der Waals surface area contributed by atoms with E-state index in [1.807, 2.05) is 13.8 Å². The number of nitrogens with zero attached hydrogens (tertiary/aromatic N) is 1. The van der Waals surface area contributed by atoms with E-state index in [0.29, 0.717) is 12.3 Å². The zero-order valence-electron chi connectivity index (χ0n) is 9.31. The molecule has 88 valence electrons. The molecule has 1 aromatic rings. The average molecular weight is 226 g/mol. The lowest BCUT2D eigenvalue weighted by Gasteiger charge is -2.17. The number of carbonyl (C=O) groups excluding carboxylic acids is 1. The molecular weight excluding hydrogens is 211 g/mol. The maximum atomic E-state index is 12.6. The minimum absolute atomic E-state index is 0.241. The molecule has 2 N–H and O–H groups in total. The number of carbonyl (C=O) groups is 1. The number of hydrogen-bond donors (Lipinski definition) is 1. The summed E-state index contributed by atoms with van der Waals surface area (Å²) in [5, 5.41) is 0.849. The van der Waals surface area contributed by atoms with E-state index in [4.69, 9.17) is 10.6 Å². The first-order valence-electron chi connectivity index (χ1n) is 4.98. The van der Waals surface area contributed by atoms with Crippen molar-refractivity contribution in [3.05, 3.63) is 30.1 Å². The second-order valence-electron chi connectivity index (χ2n) is 3.82. The van der Waals surface area contributed by atoms with E-state index in [1.54, 1.807) is 0 Å². The summed E-state index contributed by atoms with van der Waals surface area (Å²) in [6.45, 7) is 4.14. The van der Waals surface area contributed by atoms with Gasteiger partial charge < -0.3 is 4.74 Å². The van der Waals surface area contributed by atoms with Crippen LogP contribution in [0.1, 0.15) is 13.8 Å². The average Bonchev–Trinajstić information content (AvgIpc) is 2.26. The van der Waals surface area contributed by atoms with Gasteiger partial charge in [-0.3, -0.25) is 0 Å². The molecule has 5 heteroatoms. The molecule has 1 rings (SSSR count). The van der Waals surface area contributed by atoms with Gasteiger partial charge in [0.25, 0.3) is 0 Å². The molecule has 0 heterocycles. The van der Waals surface area contributed by atoms with Gasteiger partial charge in [0.15, 0.2) is 0 Å². The van der Waals surface area contributed by atoms with Crippen LogP contribution in [0.15, 0.2) is 24.3 Å². The van der Waals surface area contributed by atoms with Crippen molar-refractivity contribution in [2.45, 2.75) is 13.8 Å². The Kier molecular flexibility index (Phi) is 4.25. The van der Waals surface area contributed by atoms with Crippen LogP contribution in [0, 0.1) is 11.7 Å². The van der Waals surface area contributed by atoms with E-state index in [-0.39, 0.29) is 11.7 Å². The number of hydrazine groups is 1. The van der Waals surface area contributed by atoms with Gasteiger partial charge in [-0.15, -0.1) is 0 Å². The molecule has 0 atom stereocenters. The second kappa shape index (κ2) is 5.46. The summed E-state index contributed by atoms with van der Waals surface area (Å²) in [5.41, 5.74) is 0.384. The quantitative estimate of drug-likeness (QED) is 0.488. The molecule has 0 spiro atoms. The lowest BCUT2D eigenvalue weighted by atomic mass is 10.2. The van der Waals surface area contributed by atoms with Gasteiger partial charge in [0, 0.05) is 0 Å². The molecule has 0 saturated carbocycles. The summed E-state index contributed by atoms with van der Waals surface area (Å²) in [6, 6.07) is 5.27. The third-order valence-corrected chi connectivity index (χ3v) is 1.84. The van der Waals surface area contributed by atoms with E-state index in [9.17, 15) is 9.18 Å². The molecule has 0 aliphatic rings. The zero-order chi connectivity index (χ0) is 12.1. The summed E-state index contributed by atoms with van der Waals surface area (Å²) in [7, 11) is 0. The molecule has 0 bridgehead atoms. The van der Waals surface area contributed by atoms with Gasteiger partial charge in [0.2, 0.25) is 0 Å². The summed E-state index contributed by atoms with van der Waals surface area (Å²) < 4.78 is 17.5. The number of nitrogens with two attached hydrogens (primary N) is 1. The Labute approximate surface area is 93.8 Å². The number of ether oxygens (including phenoxy) is 1. The molecule has 0 aromatic heterocycles. The van der Waals surface area contributed by atoms with Crippen molar-refractivity contribution in [3.8, 4) is 0 Å². The minimum Gasteiger partial charge on any atom is -0.448 e. The Balaban J connectivity index is 2.59. The van der Waals surface area contributed by atoms with Gasteiger partial charge in [-0.2, -0.15) is 0 Å². The summed E-state index contributed by atoms with van der Waals surface area (Å²) >= 11 is 0. The fraction of sp³-hybridized carbons (Fsp3) is 0.364. The third-order valence-electron chi connectivity index (χ3n) is 1.84. The molecule has 0 radical (unpaired) electrons. The highest BCUT2D eigenvalue weighted by Gasteiger charge is 2.13. The number of amides is 1. The minimum atomic E-state index is -0.652. The predicted molar refractivity (Wildman–Crippen MR) is 59.3 cm³/mol. The largest absolute Gasteiger partial charge is 0.448 e. The fourth-order valence-electron chi connectivity index (χ4n) is 1.01. The van der Waals surface area contributed by atoms with Gasteiger partial charge in [-0.05, 0) is 30.2 Å². The number of rotatable bonds is 3. The fourth-order valence-corrected chi connectivity index (χ4v) is 1.01. The van der Waals surface area contributed by atoms with Gasteiger partial charge in [0.1, 0.15) is 5.82 Å². The Hall–Kier alpha value is -1.62. The van der Waals surface area contributed by atoms with Crippen LogP contribution in [0.3, 0.4) is 0 Å². The number of hydrogen-bond acceptors (Lipinski definition) is 3. The van der Waals surface area contributed by atoms with E-state index in [2.05, 4.69) is 0 Å². The molecule has 1 aromatic carbocycles. The van der Waals surface area contributed by atoms with Crippen LogP contribution in [-0.2, 0) is 4.74 Å². The molecule has 0 saturated heterocycles. The highest BCUT2D eigenvalue weighted by Crippen LogP contribution is 2.12. The van der Waals surface area contributed by atoms with Crippen molar-refractivity contribution in [3.63, 3.8) is 0 Å². The smallest absolute Gasteiger partial charge is 0.428 e. The number of benzene rings is 1. The van der Waals surface area contributed by atoms with Gasteiger partial charge in [0.05, 0.1) is 12.3 Å². The van der Waals surface area contributed by atoms with Gasteiger partial charge in [-0.25, -0.2) is 20.0 Å². The third kappa shape index (κ3) is 3.51. The van der Waals surface area contributed by atoms with Crippen LogP contribution < -0.4 is 10.9 Å². The van der Waals surface area contributed by atoms with Gasteiger partial charge in [-0.1, -0.05) is 13.8 Å². The highest BCUT2D eigenvalue weighted by molar-refractivity contribution is 5.86. The topological polar surface area (TPSA) is 55.6 Å². The molecule has 0 aliphatic carbocycles. The lowest BCUT2D eigenvalue weighted by Crippen LogP contribution is -2.38. The summed E-state index contributed by atoms with van der Waals surface area (Å²) in [6.07, 6.45) is -0.652. The van der Waals surface area contributed by atoms with Crippen molar-refractivity contribution in [2.24, 2.45) is 11.8 Å². The van der Waals surface area contributed by atoms with Crippen LogP contribution >= 0.6 is 0 Å². The first-order chi connectivity index (χ1) is 7.50. The maximum absolute atomic E-state index is 12.6. The Morgan fingerprint density at radius 3 is 2.50 bits per heavy atom. The molecule has 0 unspecified atom stereocenters. The van der Waals surface area contributed by atoms with E-state index < -0.39 is 6.09 Å². The standard InChI is InChI=1S/C11H15FN2O2/c1-8(2)7-16-11(15)14(13)10-5-3-9(12)4-6-10/h3-6,8H,7,13H2,1-2H3. The first-order valence-corrected chi connectivity index (χ1v) is 4.98. The summed E-state index contributed by atoms with van der Waals surface area (Å²) in [4.78, 5) is 11.4. The highest BCUT2D eigenvalue weighted by atomic mass is 19.1. The van der Waals surface area contributed by atoms with Crippen molar-refractivity contribution in [1.29, 1.82) is 0 Å². The predicted octanol–water partition coefficient (Wildman–Crippen LogP) is 2.30. The van der Waals surface area contributed by atoms with Crippen molar-refractivity contribution in [1.82, 2.24) is 0 Å². The van der Waals surface area contributed by atoms with Crippen LogP contribution in [0.4, 0.5) is 14.9 Å². The van der Waals surface area contributed by atoms with Crippen molar-refractivity contribution < 1.29 is 13.9 Å². The molecule has 0 fully saturated rings. The molecule has 4 nitrogen and oxygen atoms in total. The molecule has 16 heavy (non-hydrogen) atoms. The van der Waals surface area contributed by atoms with Crippen LogP contribution in [0.2, 0.25) is 0 Å². The molecule has 0 aliphatic heterocycles. The van der Waals surface area contributed by atoms with E-state index in [0.717, 1.165) is 5.01 Å². The van der Waals surface area contributed by atoms with Crippen molar-refractivity contribution in [2.75, 3.05) is 11.6 Å². The monoisotopic (exact) mass is 226 g/mol. The molecular formula is C11H15FN2O2. The van der Waals surface area contributed by atoms with Crippen LogP contribution in [0.5, 0.6) is 0 Å². The maximum Gasteiger partial charge on any atom is 0.428 e. The van der Waals surface area contributed by atoms with E-state index >= 15 is 0 Å². The Bertz CT molecular complexity index is 352. The van der Waals surface area contributed by atoms with Crippen molar-refractivity contribution >= 4 is 11.8 Å². The first kappa shape index (κ1) is 12.4. The second-order valence-corrected chi connectivity index (χ2v) is 3.82. The summed E-state index contributed by atoms with van der Waals surface area (Å²) in [5.74, 6) is 5.37. The lowest BCUT2D eigenvalue weighted by molar-refractivity contribution is 0.140. The van der Waals surface area contributed by atoms with Crippen LogP contribution in [-0.4, -0.2) is 12.7 Å². The van der Waals surface area contributed by atoms with Crippen LogP contribution in [0.25, 0.3) is 0 Å². The van der Waals surface area contributed by atoms with E-state index in [1.165, 1.54) is 24.3 Å². The number of halogens is 1. The Morgan fingerprint density at radius 2 is 2.00 bits per heavy atom. The SMILES string of the molecule is CC(C)COC(=O)N(N)c1ccc(F)cc1. The normalized spacial score (nSPS) is 10.3. The van der Waals surface area contributed by atoms with Gasteiger partial charge >= 0.3 is 6.09 Å². The Morgan fingerprint density at radius 1 is 1.44 bits per heavy atom. The number of anilines is 1. The molecule has 1 amide bonds. The zero-order valence-corrected chi connectivity index (χ0v) is 9.31.